The number of nitrogens with one attached hydrogen (secondary N) is 1. The second-order valence-electron chi connectivity index (χ2n) is 5.15. The zero-order valence-corrected chi connectivity index (χ0v) is 12.8. The summed E-state index contributed by atoms with van der Waals surface area (Å²) in [6.45, 7) is 3.41. The van der Waals surface area contributed by atoms with Crippen molar-refractivity contribution < 1.29 is 0 Å². The van der Waals surface area contributed by atoms with Gasteiger partial charge in [-0.15, -0.1) is 0 Å². The number of anilines is 1. The molecule has 5 nitrogen and oxygen atoms in total. The quantitative estimate of drug-likeness (QED) is 0.877. The van der Waals surface area contributed by atoms with Crippen molar-refractivity contribution in [2.24, 2.45) is 0 Å². The molecule has 2 rings (SSSR count). The molecule has 1 atom stereocenters. The molecule has 1 aromatic carbocycles. The molecular formula is C16H22N4O. The Hall–Kier alpha value is -2.14. The maximum absolute atomic E-state index is 12.2. The predicted molar refractivity (Wildman–Crippen MR) is 85.7 cm³/mol. The molecule has 112 valence electrons. The van der Waals surface area contributed by atoms with Gasteiger partial charge < -0.3 is 10.2 Å². The summed E-state index contributed by atoms with van der Waals surface area (Å²) in [6, 6.07) is 11.8. The molecule has 21 heavy (non-hydrogen) atoms. The third-order valence-electron chi connectivity index (χ3n) is 3.38. The van der Waals surface area contributed by atoms with Crippen LogP contribution in [-0.4, -0.2) is 30.4 Å². The number of likely N-dealkylation sites (N-methyl/N-ethyl adjacent to an activating group) is 1. The zero-order valence-electron chi connectivity index (χ0n) is 12.8. The Kier molecular flexibility index (Phi) is 5.11. The maximum atomic E-state index is 12.2. The fourth-order valence-electron chi connectivity index (χ4n) is 2.20. The standard InChI is InChI=1S/C16H22N4O/c1-4-17-15(13-8-6-5-7-9-13)12-20-16(21)10-14(11-18-20)19(2)3/h5-11,15,17H,4,12H2,1-3H3. The molecule has 1 aromatic heterocycles. The third kappa shape index (κ3) is 3.92. The number of rotatable bonds is 6. The average molecular weight is 286 g/mol. The molecule has 0 amide bonds. The smallest absolute Gasteiger partial charge is 0.268 e. The number of benzene rings is 1. The van der Waals surface area contributed by atoms with Gasteiger partial charge >= 0.3 is 0 Å². The number of hydrogen-bond donors (Lipinski definition) is 1. The van der Waals surface area contributed by atoms with Crippen LogP contribution >= 0.6 is 0 Å². The minimum absolute atomic E-state index is 0.0756. The molecule has 0 saturated heterocycles. The van der Waals surface area contributed by atoms with Crippen molar-refractivity contribution in [2.45, 2.75) is 19.5 Å². The van der Waals surface area contributed by atoms with Gasteiger partial charge in [0.1, 0.15) is 0 Å². The van der Waals surface area contributed by atoms with Crippen molar-refractivity contribution in [3.8, 4) is 0 Å². The zero-order chi connectivity index (χ0) is 15.2. The molecule has 1 unspecified atom stereocenters. The van der Waals surface area contributed by atoms with Gasteiger partial charge in [0.2, 0.25) is 0 Å². The third-order valence-corrected chi connectivity index (χ3v) is 3.38. The van der Waals surface area contributed by atoms with Crippen LogP contribution in [0, 0.1) is 0 Å². The fourth-order valence-corrected chi connectivity index (χ4v) is 2.20. The first kappa shape index (κ1) is 15.3. The summed E-state index contributed by atoms with van der Waals surface area (Å²) in [6.07, 6.45) is 1.72. The molecule has 5 heteroatoms. The molecule has 1 heterocycles. The van der Waals surface area contributed by atoms with Gasteiger partial charge in [-0.05, 0) is 12.1 Å². The molecule has 0 radical (unpaired) electrons. The summed E-state index contributed by atoms with van der Waals surface area (Å²) in [7, 11) is 3.79. The van der Waals surface area contributed by atoms with Gasteiger partial charge in [-0.25, -0.2) is 4.68 Å². The molecule has 2 aromatic rings. The lowest BCUT2D eigenvalue weighted by atomic mass is 10.1. The first-order valence-electron chi connectivity index (χ1n) is 7.14. The van der Waals surface area contributed by atoms with E-state index in [1.807, 2.05) is 37.2 Å². The van der Waals surface area contributed by atoms with E-state index in [1.165, 1.54) is 4.68 Å². The van der Waals surface area contributed by atoms with E-state index in [0.29, 0.717) is 6.54 Å². The summed E-state index contributed by atoms with van der Waals surface area (Å²) in [5, 5.41) is 7.67. The Labute approximate surface area is 125 Å². The van der Waals surface area contributed by atoms with E-state index >= 15 is 0 Å². The molecule has 0 bridgehead atoms. The molecule has 0 fully saturated rings. The van der Waals surface area contributed by atoms with Crippen molar-refractivity contribution >= 4 is 5.69 Å². The van der Waals surface area contributed by atoms with Crippen LogP contribution in [0.4, 0.5) is 5.69 Å². The number of nitrogens with zero attached hydrogens (tertiary/aromatic N) is 3. The molecule has 0 aliphatic carbocycles. The highest BCUT2D eigenvalue weighted by Crippen LogP contribution is 2.14. The minimum atomic E-state index is -0.0833. The monoisotopic (exact) mass is 286 g/mol. The van der Waals surface area contributed by atoms with Crippen LogP contribution in [0.3, 0.4) is 0 Å². The highest BCUT2D eigenvalue weighted by atomic mass is 16.1. The van der Waals surface area contributed by atoms with Crippen molar-refractivity contribution in [1.29, 1.82) is 0 Å². The van der Waals surface area contributed by atoms with Crippen LogP contribution in [-0.2, 0) is 6.54 Å². The van der Waals surface area contributed by atoms with E-state index in [9.17, 15) is 4.79 Å². The van der Waals surface area contributed by atoms with E-state index in [-0.39, 0.29) is 11.6 Å². The van der Waals surface area contributed by atoms with Crippen molar-refractivity contribution in [3.63, 3.8) is 0 Å². The van der Waals surface area contributed by atoms with E-state index in [2.05, 4.69) is 29.5 Å². The fraction of sp³-hybridized carbons (Fsp3) is 0.375. The molecule has 1 N–H and O–H groups in total. The minimum Gasteiger partial charge on any atom is -0.376 e. The highest BCUT2D eigenvalue weighted by molar-refractivity contribution is 5.40. The molecule has 0 saturated carbocycles. The number of aromatic nitrogens is 2. The van der Waals surface area contributed by atoms with Gasteiger partial charge in [-0.2, -0.15) is 5.10 Å². The summed E-state index contributed by atoms with van der Waals surface area (Å²) in [4.78, 5) is 14.0. The van der Waals surface area contributed by atoms with Crippen LogP contribution in [0.15, 0.2) is 47.4 Å². The van der Waals surface area contributed by atoms with Gasteiger partial charge in [-0.3, -0.25) is 4.79 Å². The SMILES string of the molecule is CCNC(Cn1ncc(N(C)C)cc1=O)c1ccccc1. The van der Waals surface area contributed by atoms with Gasteiger partial charge in [0.05, 0.1) is 24.5 Å². The Balaban J connectivity index is 2.23. The Bertz CT molecular complexity index is 622. The van der Waals surface area contributed by atoms with Crippen LogP contribution in [0.25, 0.3) is 0 Å². The normalized spacial score (nSPS) is 12.1. The van der Waals surface area contributed by atoms with Gasteiger partial charge in [0.15, 0.2) is 0 Å². The Morgan fingerprint density at radius 3 is 2.57 bits per heavy atom. The van der Waals surface area contributed by atoms with Gasteiger partial charge in [0.25, 0.3) is 5.56 Å². The Morgan fingerprint density at radius 1 is 1.29 bits per heavy atom. The van der Waals surface area contributed by atoms with E-state index in [4.69, 9.17) is 0 Å². The topological polar surface area (TPSA) is 50.2 Å². The maximum Gasteiger partial charge on any atom is 0.268 e. The predicted octanol–water partition coefficient (Wildman–Crippen LogP) is 1.66. The first-order chi connectivity index (χ1) is 10.1. The summed E-state index contributed by atoms with van der Waals surface area (Å²) in [5.74, 6) is 0. The van der Waals surface area contributed by atoms with Crippen LogP contribution in [0.2, 0.25) is 0 Å². The summed E-state index contributed by atoms with van der Waals surface area (Å²) in [5.41, 5.74) is 1.89. The van der Waals surface area contributed by atoms with E-state index in [1.54, 1.807) is 12.3 Å². The lowest BCUT2D eigenvalue weighted by Gasteiger charge is -2.19. The first-order valence-corrected chi connectivity index (χ1v) is 7.14. The molecular weight excluding hydrogens is 264 g/mol. The highest BCUT2D eigenvalue weighted by Gasteiger charge is 2.12. The van der Waals surface area contributed by atoms with Crippen LogP contribution in [0.1, 0.15) is 18.5 Å². The van der Waals surface area contributed by atoms with E-state index < -0.39 is 0 Å². The van der Waals surface area contributed by atoms with E-state index in [0.717, 1.165) is 17.8 Å². The Morgan fingerprint density at radius 2 is 2.00 bits per heavy atom. The van der Waals surface area contributed by atoms with Crippen molar-refractivity contribution in [3.05, 3.63) is 58.5 Å². The largest absolute Gasteiger partial charge is 0.376 e. The second-order valence-corrected chi connectivity index (χ2v) is 5.15. The van der Waals surface area contributed by atoms with Crippen LogP contribution in [0.5, 0.6) is 0 Å². The average Bonchev–Trinajstić information content (AvgIpc) is 2.49. The van der Waals surface area contributed by atoms with Crippen molar-refractivity contribution in [2.75, 3.05) is 25.5 Å². The molecule has 0 spiro atoms. The molecule has 0 aliphatic rings. The van der Waals surface area contributed by atoms with Gasteiger partial charge in [-0.1, -0.05) is 37.3 Å². The number of hydrogen-bond acceptors (Lipinski definition) is 4. The summed E-state index contributed by atoms with van der Waals surface area (Å²) < 4.78 is 1.51. The summed E-state index contributed by atoms with van der Waals surface area (Å²) >= 11 is 0. The molecule has 0 aliphatic heterocycles. The lowest BCUT2D eigenvalue weighted by Crippen LogP contribution is -2.32. The van der Waals surface area contributed by atoms with Crippen LogP contribution < -0.4 is 15.8 Å². The lowest BCUT2D eigenvalue weighted by molar-refractivity contribution is 0.434. The van der Waals surface area contributed by atoms with Crippen molar-refractivity contribution in [1.82, 2.24) is 15.1 Å². The second kappa shape index (κ2) is 7.04. The van der Waals surface area contributed by atoms with Gasteiger partial charge in [0, 0.05) is 20.2 Å².